The number of H-pyrrole nitrogens is 1. The number of hydrogen-bond donors (Lipinski definition) is 2. The maximum absolute atomic E-state index is 11.8. The molecular formula is C16H21N3O2. The smallest absolute Gasteiger partial charge is 0.293 e. The molecule has 0 unspecified atom stereocenters. The zero-order valence-corrected chi connectivity index (χ0v) is 12.5. The first-order valence-corrected chi connectivity index (χ1v) is 7.38. The van der Waals surface area contributed by atoms with Crippen LogP contribution in [0.3, 0.4) is 0 Å². The predicted octanol–water partition coefficient (Wildman–Crippen LogP) is 2.97. The lowest BCUT2D eigenvalue weighted by atomic mass is 10.1. The van der Waals surface area contributed by atoms with E-state index in [0.29, 0.717) is 23.6 Å². The Balaban J connectivity index is 2.28. The number of nitrogens with zero attached hydrogens (tertiary/aromatic N) is 2. The summed E-state index contributed by atoms with van der Waals surface area (Å²) in [6, 6.07) is 5.54. The van der Waals surface area contributed by atoms with E-state index in [1.807, 2.05) is 19.1 Å². The quantitative estimate of drug-likeness (QED) is 0.801. The second kappa shape index (κ2) is 7.02. The van der Waals surface area contributed by atoms with Crippen molar-refractivity contribution in [3.05, 3.63) is 39.9 Å². The van der Waals surface area contributed by atoms with E-state index < -0.39 is 5.56 Å². The molecule has 0 aliphatic heterocycles. The Morgan fingerprint density at radius 2 is 2.00 bits per heavy atom. The van der Waals surface area contributed by atoms with Crippen molar-refractivity contribution in [2.45, 2.75) is 46.0 Å². The first-order valence-electron chi connectivity index (χ1n) is 7.38. The summed E-state index contributed by atoms with van der Waals surface area (Å²) in [5.74, 6) is 0.134. The van der Waals surface area contributed by atoms with Crippen LogP contribution >= 0.6 is 0 Å². The third-order valence-corrected chi connectivity index (χ3v) is 3.37. The summed E-state index contributed by atoms with van der Waals surface area (Å²) in [5.41, 5.74) is 1.41. The third-order valence-electron chi connectivity index (χ3n) is 3.37. The van der Waals surface area contributed by atoms with Crippen LogP contribution in [-0.2, 0) is 6.42 Å². The fourth-order valence-electron chi connectivity index (χ4n) is 2.20. The number of aromatic amines is 1. The maximum Gasteiger partial charge on any atom is 0.293 e. The largest absolute Gasteiger partial charge is 0.502 e. The fraction of sp³-hybridized carbons (Fsp3) is 0.438. The van der Waals surface area contributed by atoms with E-state index in [-0.39, 0.29) is 5.75 Å². The average molecular weight is 287 g/mol. The van der Waals surface area contributed by atoms with Crippen molar-refractivity contribution in [2.75, 3.05) is 0 Å². The molecule has 2 rings (SSSR count). The molecule has 0 aliphatic carbocycles. The molecule has 0 atom stereocenters. The van der Waals surface area contributed by atoms with E-state index in [4.69, 9.17) is 0 Å². The zero-order valence-electron chi connectivity index (χ0n) is 12.5. The van der Waals surface area contributed by atoms with Gasteiger partial charge in [0.25, 0.3) is 5.56 Å². The van der Waals surface area contributed by atoms with Crippen molar-refractivity contribution in [3.8, 4) is 17.3 Å². The number of hydrogen-bond acceptors (Lipinski definition) is 4. The summed E-state index contributed by atoms with van der Waals surface area (Å²) in [4.78, 5) is 23.1. The van der Waals surface area contributed by atoms with Gasteiger partial charge in [0, 0.05) is 5.69 Å². The molecule has 0 spiro atoms. The molecule has 0 bridgehead atoms. The van der Waals surface area contributed by atoms with Crippen LogP contribution in [0.5, 0.6) is 5.75 Å². The number of unbranched alkanes of at least 4 members (excludes halogenated alkanes) is 3. The molecule has 0 fully saturated rings. The Morgan fingerprint density at radius 3 is 2.71 bits per heavy atom. The van der Waals surface area contributed by atoms with Gasteiger partial charge in [-0.05, 0) is 31.9 Å². The van der Waals surface area contributed by atoms with Gasteiger partial charge in [0.15, 0.2) is 5.82 Å². The lowest BCUT2D eigenvalue weighted by Gasteiger charge is -2.06. The van der Waals surface area contributed by atoms with Gasteiger partial charge in [-0.25, -0.2) is 9.97 Å². The van der Waals surface area contributed by atoms with E-state index in [9.17, 15) is 9.90 Å². The summed E-state index contributed by atoms with van der Waals surface area (Å²) in [6.45, 7) is 4.03. The molecule has 5 heteroatoms. The van der Waals surface area contributed by atoms with Crippen molar-refractivity contribution in [1.82, 2.24) is 15.0 Å². The number of aryl methyl sites for hydroxylation is 2. The first kappa shape index (κ1) is 15.2. The number of pyridine rings is 1. The summed E-state index contributed by atoms with van der Waals surface area (Å²) in [5, 5.41) is 9.85. The molecule has 0 aromatic carbocycles. The van der Waals surface area contributed by atoms with Gasteiger partial charge in [-0.15, -0.1) is 0 Å². The molecular weight excluding hydrogens is 266 g/mol. The first-order chi connectivity index (χ1) is 10.1. The van der Waals surface area contributed by atoms with E-state index in [1.54, 1.807) is 6.07 Å². The van der Waals surface area contributed by atoms with Gasteiger partial charge in [-0.1, -0.05) is 32.3 Å². The van der Waals surface area contributed by atoms with Gasteiger partial charge in [-0.3, -0.25) is 4.79 Å². The summed E-state index contributed by atoms with van der Waals surface area (Å²) in [7, 11) is 0. The Morgan fingerprint density at radius 1 is 1.19 bits per heavy atom. The van der Waals surface area contributed by atoms with Crippen LogP contribution in [0.1, 0.15) is 44.0 Å². The highest BCUT2D eigenvalue weighted by Crippen LogP contribution is 2.17. The van der Waals surface area contributed by atoms with Crippen LogP contribution in [0.2, 0.25) is 0 Å². The van der Waals surface area contributed by atoms with Crippen molar-refractivity contribution in [2.24, 2.45) is 0 Å². The van der Waals surface area contributed by atoms with Crippen LogP contribution < -0.4 is 5.56 Å². The SMILES string of the molecule is CCCCCCc1nc(-c2cccc(C)n2)[nH]c(=O)c1O. The van der Waals surface area contributed by atoms with Gasteiger partial charge in [0.2, 0.25) is 5.75 Å². The molecule has 0 saturated carbocycles. The van der Waals surface area contributed by atoms with Crippen molar-refractivity contribution < 1.29 is 5.11 Å². The highest BCUT2D eigenvalue weighted by atomic mass is 16.3. The van der Waals surface area contributed by atoms with E-state index in [1.165, 1.54) is 0 Å². The molecule has 112 valence electrons. The average Bonchev–Trinajstić information content (AvgIpc) is 2.47. The van der Waals surface area contributed by atoms with Gasteiger partial charge in [0.05, 0.1) is 5.69 Å². The lowest BCUT2D eigenvalue weighted by molar-refractivity contribution is 0.452. The predicted molar refractivity (Wildman–Crippen MR) is 82.3 cm³/mol. The van der Waals surface area contributed by atoms with Crippen molar-refractivity contribution >= 4 is 0 Å². The Kier molecular flexibility index (Phi) is 5.09. The van der Waals surface area contributed by atoms with E-state index >= 15 is 0 Å². The Labute approximate surface area is 124 Å². The topological polar surface area (TPSA) is 78.9 Å². The molecule has 0 saturated heterocycles. The highest BCUT2D eigenvalue weighted by Gasteiger charge is 2.12. The number of aromatic hydroxyl groups is 1. The van der Waals surface area contributed by atoms with Crippen molar-refractivity contribution in [3.63, 3.8) is 0 Å². The minimum Gasteiger partial charge on any atom is -0.502 e. The normalized spacial score (nSPS) is 10.8. The second-order valence-electron chi connectivity index (χ2n) is 5.18. The molecule has 5 nitrogen and oxygen atoms in total. The molecule has 0 aliphatic rings. The van der Waals surface area contributed by atoms with Gasteiger partial charge >= 0.3 is 0 Å². The van der Waals surface area contributed by atoms with E-state index in [0.717, 1.165) is 31.4 Å². The van der Waals surface area contributed by atoms with Crippen LogP contribution in [0.15, 0.2) is 23.0 Å². The highest BCUT2D eigenvalue weighted by molar-refractivity contribution is 5.50. The minimum atomic E-state index is -0.506. The molecule has 2 heterocycles. The van der Waals surface area contributed by atoms with Crippen LogP contribution in [0.25, 0.3) is 11.5 Å². The van der Waals surface area contributed by atoms with Crippen LogP contribution in [-0.4, -0.2) is 20.1 Å². The number of aromatic nitrogens is 3. The van der Waals surface area contributed by atoms with Gasteiger partial charge in [-0.2, -0.15) is 0 Å². The monoisotopic (exact) mass is 287 g/mol. The van der Waals surface area contributed by atoms with Crippen LogP contribution in [0.4, 0.5) is 0 Å². The summed E-state index contributed by atoms with van der Waals surface area (Å²) in [6.07, 6.45) is 4.89. The molecule has 2 aromatic rings. The summed E-state index contributed by atoms with van der Waals surface area (Å²) < 4.78 is 0. The van der Waals surface area contributed by atoms with Crippen molar-refractivity contribution in [1.29, 1.82) is 0 Å². The van der Waals surface area contributed by atoms with Crippen LogP contribution in [0, 0.1) is 6.92 Å². The maximum atomic E-state index is 11.8. The van der Waals surface area contributed by atoms with E-state index in [2.05, 4.69) is 21.9 Å². The molecule has 0 amide bonds. The standard InChI is InChI=1S/C16H21N3O2/c1-3-4-5-6-9-12-14(20)16(21)19-15(18-12)13-10-7-8-11(2)17-13/h7-8,10,20H,3-6,9H2,1-2H3,(H,18,19,21). The number of rotatable bonds is 6. The molecule has 0 radical (unpaired) electrons. The molecule has 2 aromatic heterocycles. The Bertz CT molecular complexity index is 665. The second-order valence-corrected chi connectivity index (χ2v) is 5.18. The third kappa shape index (κ3) is 3.90. The fourth-order valence-corrected chi connectivity index (χ4v) is 2.20. The number of nitrogens with one attached hydrogen (secondary N) is 1. The van der Waals surface area contributed by atoms with Gasteiger partial charge in [0.1, 0.15) is 5.69 Å². The molecule has 21 heavy (non-hydrogen) atoms. The summed E-state index contributed by atoms with van der Waals surface area (Å²) >= 11 is 0. The van der Waals surface area contributed by atoms with Gasteiger partial charge < -0.3 is 10.1 Å². The lowest BCUT2D eigenvalue weighted by Crippen LogP contribution is -2.12. The zero-order chi connectivity index (χ0) is 15.2. The minimum absolute atomic E-state index is 0.275. The Hall–Kier alpha value is -2.17. The molecule has 2 N–H and O–H groups in total.